The van der Waals surface area contributed by atoms with Gasteiger partial charge in [0.1, 0.15) is 0 Å². The third-order valence-electron chi connectivity index (χ3n) is 2.18. The molecule has 0 aromatic rings. The lowest BCUT2D eigenvalue weighted by atomic mass is 10.0. The van der Waals surface area contributed by atoms with Crippen LogP contribution in [0, 0.1) is 0 Å². The molecule has 1 nitrogen and oxygen atoms in total. The molecule has 2 bridgehead atoms. The van der Waals surface area contributed by atoms with E-state index in [1.54, 1.807) is 0 Å². The zero-order valence-electron chi connectivity index (χ0n) is 4.69. The van der Waals surface area contributed by atoms with E-state index in [9.17, 15) is 0 Å². The van der Waals surface area contributed by atoms with Crippen LogP contribution in [-0.4, -0.2) is 16.1 Å². The van der Waals surface area contributed by atoms with Crippen molar-refractivity contribution in [3.63, 3.8) is 0 Å². The number of hydrogen-bond donors (Lipinski definition) is 0. The van der Waals surface area contributed by atoms with Gasteiger partial charge >= 0.3 is 0 Å². The molecule has 8 heavy (non-hydrogen) atoms. The summed E-state index contributed by atoms with van der Waals surface area (Å²) in [7, 11) is 0. The van der Waals surface area contributed by atoms with E-state index < -0.39 is 0 Å². The van der Waals surface area contributed by atoms with Gasteiger partial charge in [0.2, 0.25) is 0 Å². The Hall–Kier alpha value is 0.690. The second-order valence-electron chi connectivity index (χ2n) is 2.80. The maximum atomic E-state index is 5.58. The predicted octanol–water partition coefficient (Wildman–Crippen LogP) is 1.74. The van der Waals surface area contributed by atoms with Gasteiger partial charge < -0.3 is 4.74 Å². The molecule has 2 heterocycles. The molecule has 3 fully saturated rings. The first-order chi connectivity index (χ1) is 3.85. The minimum atomic E-state index is 0.366. The largest absolute Gasteiger partial charge is 0.371 e. The van der Waals surface area contributed by atoms with E-state index in [0.29, 0.717) is 11.7 Å². The summed E-state index contributed by atoms with van der Waals surface area (Å²) in [6.45, 7) is 0. The van der Waals surface area contributed by atoms with Crippen molar-refractivity contribution >= 4 is 22.6 Å². The third kappa shape index (κ3) is 0.559. The highest BCUT2D eigenvalue weighted by Gasteiger charge is 2.50. The number of hydrogen-bond acceptors (Lipinski definition) is 1. The molecular weight excluding hydrogens is 215 g/mol. The Morgan fingerprint density at radius 3 is 2.75 bits per heavy atom. The molecule has 0 aromatic heterocycles. The molecule has 0 spiro atoms. The van der Waals surface area contributed by atoms with Crippen LogP contribution in [0.5, 0.6) is 0 Å². The van der Waals surface area contributed by atoms with E-state index >= 15 is 0 Å². The molecule has 0 amide bonds. The van der Waals surface area contributed by atoms with Crippen LogP contribution in [0.2, 0.25) is 0 Å². The monoisotopic (exact) mass is 224 g/mol. The lowest BCUT2D eigenvalue weighted by Crippen LogP contribution is -2.42. The van der Waals surface area contributed by atoms with Gasteiger partial charge in [0.25, 0.3) is 0 Å². The third-order valence-corrected chi connectivity index (χ3v) is 3.57. The van der Waals surface area contributed by atoms with Crippen molar-refractivity contribution in [1.29, 1.82) is 0 Å². The fourth-order valence-corrected chi connectivity index (χ4v) is 2.53. The van der Waals surface area contributed by atoms with Gasteiger partial charge in [-0.05, 0) is 12.8 Å². The van der Waals surface area contributed by atoms with Crippen LogP contribution in [0.25, 0.3) is 0 Å². The molecule has 3 aliphatic rings. The first-order valence-corrected chi connectivity index (χ1v) is 4.61. The van der Waals surface area contributed by atoms with Crippen molar-refractivity contribution in [2.75, 3.05) is 4.43 Å². The van der Waals surface area contributed by atoms with E-state index in [0.717, 1.165) is 0 Å². The molecule has 2 unspecified atom stereocenters. The lowest BCUT2D eigenvalue weighted by molar-refractivity contribution is -0.133. The Morgan fingerprint density at radius 1 is 1.75 bits per heavy atom. The van der Waals surface area contributed by atoms with Gasteiger partial charge in [0, 0.05) is 10.8 Å². The van der Waals surface area contributed by atoms with Crippen molar-refractivity contribution in [2.24, 2.45) is 0 Å². The maximum Gasteiger partial charge on any atom is 0.0800 e. The highest BCUT2D eigenvalue weighted by molar-refractivity contribution is 14.1. The van der Waals surface area contributed by atoms with Crippen molar-refractivity contribution < 1.29 is 4.74 Å². The molecule has 2 atom stereocenters. The molecule has 1 aliphatic carbocycles. The van der Waals surface area contributed by atoms with Crippen molar-refractivity contribution in [2.45, 2.75) is 31.0 Å². The number of ether oxygens (including phenoxy) is 1. The molecule has 0 radical (unpaired) electrons. The van der Waals surface area contributed by atoms with Crippen LogP contribution >= 0.6 is 22.6 Å². The van der Waals surface area contributed by atoms with Crippen LogP contribution in [0.4, 0.5) is 0 Å². The lowest BCUT2D eigenvalue weighted by Gasteiger charge is -2.37. The summed E-state index contributed by atoms with van der Waals surface area (Å²) in [5.74, 6) is 0. The zero-order chi connectivity index (χ0) is 5.61. The predicted molar refractivity (Wildman–Crippen MR) is 40.3 cm³/mol. The summed E-state index contributed by atoms with van der Waals surface area (Å²) < 4.78 is 6.78. The van der Waals surface area contributed by atoms with E-state index in [1.807, 2.05) is 0 Å². The van der Waals surface area contributed by atoms with Crippen LogP contribution in [0.1, 0.15) is 19.3 Å². The fraction of sp³-hybridized carbons (Fsp3) is 1.00. The topological polar surface area (TPSA) is 9.23 Å². The molecule has 1 saturated carbocycles. The van der Waals surface area contributed by atoms with Gasteiger partial charge in [-0.2, -0.15) is 0 Å². The van der Waals surface area contributed by atoms with Gasteiger partial charge in [-0.3, -0.25) is 0 Å². The summed E-state index contributed by atoms with van der Waals surface area (Å²) in [5, 5.41) is 0. The maximum absolute atomic E-state index is 5.58. The van der Waals surface area contributed by atoms with Crippen molar-refractivity contribution in [3.8, 4) is 0 Å². The molecule has 46 valence electrons. The van der Waals surface area contributed by atoms with Gasteiger partial charge in [0.05, 0.1) is 11.7 Å². The smallest absolute Gasteiger partial charge is 0.0800 e. The Bertz CT molecular complexity index is 102. The van der Waals surface area contributed by atoms with Crippen LogP contribution in [-0.2, 0) is 4.74 Å². The minimum absolute atomic E-state index is 0.366. The normalized spacial score (nSPS) is 51.4. The Morgan fingerprint density at radius 2 is 2.50 bits per heavy atom. The summed E-state index contributed by atoms with van der Waals surface area (Å²) in [4.78, 5) is 0. The average molecular weight is 224 g/mol. The molecule has 0 N–H and O–H groups in total. The van der Waals surface area contributed by atoms with Gasteiger partial charge in [0.15, 0.2) is 0 Å². The Balaban J connectivity index is 2.09. The van der Waals surface area contributed by atoms with E-state index in [-0.39, 0.29) is 0 Å². The second kappa shape index (κ2) is 1.59. The summed E-state index contributed by atoms with van der Waals surface area (Å²) in [6.07, 6.45) is 4.64. The van der Waals surface area contributed by atoms with Crippen molar-refractivity contribution in [3.05, 3.63) is 0 Å². The molecule has 2 aliphatic heterocycles. The van der Waals surface area contributed by atoms with Gasteiger partial charge in [-0.25, -0.2) is 0 Å². The van der Waals surface area contributed by atoms with Gasteiger partial charge in [-0.15, -0.1) is 0 Å². The Labute approximate surface area is 62.9 Å². The second-order valence-corrected chi connectivity index (χ2v) is 3.56. The highest BCUT2D eigenvalue weighted by Crippen LogP contribution is 2.47. The summed E-state index contributed by atoms with van der Waals surface area (Å²) >= 11 is 2.42. The van der Waals surface area contributed by atoms with E-state index in [2.05, 4.69) is 22.6 Å². The van der Waals surface area contributed by atoms with Crippen molar-refractivity contribution in [1.82, 2.24) is 0 Å². The number of fused-ring (bicyclic) bond motifs is 1. The first kappa shape index (κ1) is 5.47. The molecule has 2 heteroatoms. The fourth-order valence-electron chi connectivity index (χ4n) is 1.66. The number of halogens is 1. The number of alkyl halides is 1. The van der Waals surface area contributed by atoms with E-state index in [1.165, 1.54) is 23.7 Å². The Kier molecular flexibility index (Phi) is 1.09. The molecular formula is C6H9IO. The molecule has 2 saturated heterocycles. The molecule has 0 aromatic carbocycles. The summed E-state index contributed by atoms with van der Waals surface area (Å²) in [6, 6.07) is 0. The SMILES string of the molecule is ICC12CCC(C1)O2. The minimum Gasteiger partial charge on any atom is -0.371 e. The van der Waals surface area contributed by atoms with Gasteiger partial charge in [-0.1, -0.05) is 22.6 Å². The first-order valence-electron chi connectivity index (χ1n) is 3.08. The quantitative estimate of drug-likeness (QED) is 0.487. The van der Waals surface area contributed by atoms with Crippen LogP contribution in [0.3, 0.4) is 0 Å². The van der Waals surface area contributed by atoms with E-state index in [4.69, 9.17) is 4.74 Å². The molecule has 3 rings (SSSR count). The van der Waals surface area contributed by atoms with Crippen LogP contribution < -0.4 is 0 Å². The average Bonchev–Trinajstić information content (AvgIpc) is 2.17. The standard InChI is InChI=1S/C6H9IO/c7-4-6-2-1-5(3-6)8-6/h5H,1-4H2. The highest BCUT2D eigenvalue weighted by atomic mass is 127. The van der Waals surface area contributed by atoms with Crippen LogP contribution in [0.15, 0.2) is 0 Å². The zero-order valence-corrected chi connectivity index (χ0v) is 6.85. The summed E-state index contributed by atoms with van der Waals surface area (Å²) in [5.41, 5.74) is 0.366. The number of rotatable bonds is 1.